The topological polar surface area (TPSA) is 87.7 Å². The van der Waals surface area contributed by atoms with Crippen LogP contribution < -0.4 is 15.1 Å². The molecule has 4 rings (SSSR count). The van der Waals surface area contributed by atoms with Crippen molar-refractivity contribution in [3.8, 4) is 0 Å². The standard InChI is InChI=1S/C20H22ClN5O3/c21-15-1-3-17(4-2-15)26-13-14(11-18(26)27)19(28)23-12-16-5-6-22-20(24-16)25-7-9-29-10-8-25/h1-6,14H,7-13H2,(H,23,28). The Morgan fingerprint density at radius 1 is 1.21 bits per heavy atom. The zero-order chi connectivity index (χ0) is 20.2. The number of ether oxygens (including phenoxy) is 1. The number of nitrogens with zero attached hydrogens (tertiary/aromatic N) is 4. The first kappa shape index (κ1) is 19.6. The quantitative estimate of drug-likeness (QED) is 0.798. The first-order chi connectivity index (χ1) is 14.1. The number of carbonyl (C=O) groups excluding carboxylic acids is 2. The Kier molecular flexibility index (Phi) is 5.92. The van der Waals surface area contributed by atoms with E-state index in [9.17, 15) is 9.59 Å². The summed E-state index contributed by atoms with van der Waals surface area (Å²) in [4.78, 5) is 37.5. The SMILES string of the molecule is O=C(NCc1ccnc(N2CCOCC2)n1)C1CC(=O)N(c2ccc(Cl)cc2)C1. The van der Waals surface area contributed by atoms with Crippen molar-refractivity contribution in [3.63, 3.8) is 0 Å². The van der Waals surface area contributed by atoms with Gasteiger partial charge in [-0.05, 0) is 30.3 Å². The molecule has 1 unspecified atom stereocenters. The Labute approximate surface area is 173 Å². The summed E-state index contributed by atoms with van der Waals surface area (Å²) in [5, 5.41) is 3.51. The fourth-order valence-electron chi connectivity index (χ4n) is 3.47. The lowest BCUT2D eigenvalue weighted by molar-refractivity contribution is -0.126. The van der Waals surface area contributed by atoms with E-state index in [4.69, 9.17) is 16.3 Å². The van der Waals surface area contributed by atoms with Gasteiger partial charge in [0.15, 0.2) is 0 Å². The maximum atomic E-state index is 12.6. The van der Waals surface area contributed by atoms with Crippen LogP contribution in [0.1, 0.15) is 12.1 Å². The fourth-order valence-corrected chi connectivity index (χ4v) is 3.60. The third-order valence-electron chi connectivity index (χ3n) is 5.07. The van der Waals surface area contributed by atoms with Gasteiger partial charge in [0.25, 0.3) is 0 Å². The number of aromatic nitrogens is 2. The number of anilines is 2. The van der Waals surface area contributed by atoms with Gasteiger partial charge < -0.3 is 19.9 Å². The van der Waals surface area contributed by atoms with Gasteiger partial charge in [-0.2, -0.15) is 0 Å². The molecular weight excluding hydrogens is 394 g/mol. The molecule has 2 saturated heterocycles. The van der Waals surface area contributed by atoms with Crippen molar-refractivity contribution in [2.24, 2.45) is 5.92 Å². The van der Waals surface area contributed by atoms with E-state index < -0.39 is 5.92 Å². The summed E-state index contributed by atoms with van der Waals surface area (Å²) in [7, 11) is 0. The molecule has 2 aromatic rings. The van der Waals surface area contributed by atoms with E-state index in [0.29, 0.717) is 37.3 Å². The van der Waals surface area contributed by atoms with E-state index >= 15 is 0 Å². The van der Waals surface area contributed by atoms with Crippen LogP contribution in [0.4, 0.5) is 11.6 Å². The molecule has 3 heterocycles. The first-order valence-electron chi connectivity index (χ1n) is 9.58. The highest BCUT2D eigenvalue weighted by Crippen LogP contribution is 2.26. The van der Waals surface area contributed by atoms with Crippen molar-refractivity contribution in [1.82, 2.24) is 15.3 Å². The lowest BCUT2D eigenvalue weighted by Crippen LogP contribution is -2.37. The average molecular weight is 416 g/mol. The summed E-state index contributed by atoms with van der Waals surface area (Å²) in [6.45, 7) is 3.47. The molecular formula is C20H22ClN5O3. The Morgan fingerprint density at radius 2 is 1.97 bits per heavy atom. The van der Waals surface area contributed by atoms with Gasteiger partial charge in [0.1, 0.15) is 0 Å². The van der Waals surface area contributed by atoms with Gasteiger partial charge >= 0.3 is 0 Å². The summed E-state index contributed by atoms with van der Waals surface area (Å²) in [6.07, 6.45) is 1.89. The summed E-state index contributed by atoms with van der Waals surface area (Å²) in [6, 6.07) is 8.82. The molecule has 8 nitrogen and oxygen atoms in total. The molecule has 1 N–H and O–H groups in total. The molecule has 1 atom stereocenters. The predicted octanol–water partition coefficient (Wildman–Crippen LogP) is 1.64. The molecule has 2 aliphatic heterocycles. The average Bonchev–Trinajstić information content (AvgIpc) is 3.15. The molecule has 0 radical (unpaired) electrons. The Balaban J connectivity index is 1.34. The second-order valence-corrected chi connectivity index (χ2v) is 7.48. The molecule has 2 fully saturated rings. The van der Waals surface area contributed by atoms with Crippen molar-refractivity contribution in [2.45, 2.75) is 13.0 Å². The van der Waals surface area contributed by atoms with Crippen LogP contribution in [-0.4, -0.2) is 54.6 Å². The van der Waals surface area contributed by atoms with E-state index in [-0.39, 0.29) is 18.2 Å². The van der Waals surface area contributed by atoms with Crippen LogP contribution in [0.25, 0.3) is 0 Å². The maximum Gasteiger partial charge on any atom is 0.227 e. The summed E-state index contributed by atoms with van der Waals surface area (Å²) >= 11 is 5.91. The number of amides is 2. The van der Waals surface area contributed by atoms with Crippen LogP contribution >= 0.6 is 11.6 Å². The van der Waals surface area contributed by atoms with Crippen LogP contribution in [0.3, 0.4) is 0 Å². The molecule has 2 amide bonds. The lowest BCUT2D eigenvalue weighted by atomic mass is 10.1. The molecule has 0 aliphatic carbocycles. The third kappa shape index (κ3) is 4.65. The Morgan fingerprint density at radius 3 is 2.72 bits per heavy atom. The minimum Gasteiger partial charge on any atom is -0.378 e. The molecule has 0 spiro atoms. The van der Waals surface area contributed by atoms with Gasteiger partial charge in [-0.25, -0.2) is 9.97 Å². The number of carbonyl (C=O) groups is 2. The fraction of sp³-hybridized carbons (Fsp3) is 0.400. The summed E-state index contributed by atoms with van der Waals surface area (Å²) in [5.41, 5.74) is 1.48. The van der Waals surface area contributed by atoms with Crippen LogP contribution in [0.15, 0.2) is 36.5 Å². The van der Waals surface area contributed by atoms with E-state index in [2.05, 4.69) is 20.2 Å². The zero-order valence-corrected chi connectivity index (χ0v) is 16.6. The number of rotatable bonds is 5. The molecule has 9 heteroatoms. The van der Waals surface area contributed by atoms with E-state index in [1.807, 2.05) is 0 Å². The molecule has 2 aliphatic rings. The monoisotopic (exact) mass is 415 g/mol. The van der Waals surface area contributed by atoms with Crippen LogP contribution in [-0.2, 0) is 20.9 Å². The largest absolute Gasteiger partial charge is 0.378 e. The lowest BCUT2D eigenvalue weighted by Gasteiger charge is -2.26. The molecule has 0 saturated carbocycles. The normalized spacial score (nSPS) is 19.5. The molecule has 29 heavy (non-hydrogen) atoms. The number of halogens is 1. The Bertz CT molecular complexity index is 886. The molecule has 1 aromatic heterocycles. The van der Waals surface area contributed by atoms with Crippen molar-refractivity contribution in [2.75, 3.05) is 42.6 Å². The first-order valence-corrected chi connectivity index (χ1v) is 9.96. The summed E-state index contributed by atoms with van der Waals surface area (Å²) in [5.74, 6) is 0.0363. The predicted molar refractivity (Wildman–Crippen MR) is 109 cm³/mol. The van der Waals surface area contributed by atoms with Crippen LogP contribution in [0.2, 0.25) is 5.02 Å². The Hall–Kier alpha value is -2.71. The highest BCUT2D eigenvalue weighted by molar-refractivity contribution is 6.30. The zero-order valence-electron chi connectivity index (χ0n) is 15.9. The van der Waals surface area contributed by atoms with Gasteiger partial charge in [0.2, 0.25) is 17.8 Å². The van der Waals surface area contributed by atoms with Crippen LogP contribution in [0, 0.1) is 5.92 Å². The van der Waals surface area contributed by atoms with Gasteiger partial charge in [0, 0.05) is 43.0 Å². The second kappa shape index (κ2) is 8.75. The molecule has 0 bridgehead atoms. The van der Waals surface area contributed by atoms with Crippen molar-refractivity contribution >= 4 is 35.1 Å². The second-order valence-electron chi connectivity index (χ2n) is 7.05. The van der Waals surface area contributed by atoms with Gasteiger partial charge in [-0.1, -0.05) is 11.6 Å². The maximum absolute atomic E-state index is 12.6. The van der Waals surface area contributed by atoms with Crippen molar-refractivity contribution in [1.29, 1.82) is 0 Å². The number of hydrogen-bond acceptors (Lipinski definition) is 6. The van der Waals surface area contributed by atoms with Gasteiger partial charge in [-0.3, -0.25) is 9.59 Å². The number of nitrogens with one attached hydrogen (secondary N) is 1. The van der Waals surface area contributed by atoms with E-state index in [1.165, 1.54) is 0 Å². The summed E-state index contributed by atoms with van der Waals surface area (Å²) < 4.78 is 5.35. The van der Waals surface area contributed by atoms with Crippen LogP contribution in [0.5, 0.6) is 0 Å². The van der Waals surface area contributed by atoms with E-state index in [0.717, 1.165) is 24.5 Å². The highest BCUT2D eigenvalue weighted by Gasteiger charge is 2.35. The smallest absolute Gasteiger partial charge is 0.227 e. The minimum atomic E-state index is -0.390. The van der Waals surface area contributed by atoms with Gasteiger partial charge in [0.05, 0.1) is 31.4 Å². The highest BCUT2D eigenvalue weighted by atomic mass is 35.5. The minimum absolute atomic E-state index is 0.0656. The van der Waals surface area contributed by atoms with E-state index in [1.54, 1.807) is 41.4 Å². The molecule has 1 aromatic carbocycles. The van der Waals surface area contributed by atoms with Gasteiger partial charge in [-0.15, -0.1) is 0 Å². The number of benzene rings is 1. The third-order valence-corrected chi connectivity index (χ3v) is 5.32. The van der Waals surface area contributed by atoms with Crippen molar-refractivity contribution < 1.29 is 14.3 Å². The van der Waals surface area contributed by atoms with Crippen molar-refractivity contribution in [3.05, 3.63) is 47.2 Å². The number of morpholine rings is 1. The molecule has 152 valence electrons. The number of hydrogen-bond donors (Lipinski definition) is 1.